The zero-order valence-corrected chi connectivity index (χ0v) is 4.83. The van der Waals surface area contributed by atoms with Gasteiger partial charge in [0, 0.05) is 11.4 Å². The maximum absolute atomic E-state index is 3.73. The van der Waals surface area contributed by atoms with Crippen molar-refractivity contribution >= 4 is 0 Å². The molecule has 0 bridgehead atoms. The summed E-state index contributed by atoms with van der Waals surface area (Å²) in [4.78, 5) is 0. The van der Waals surface area contributed by atoms with Gasteiger partial charge in [-0.2, -0.15) is 0 Å². The molecule has 2 heteroatoms. The maximum Gasteiger partial charge on any atom is 0.0539 e. The van der Waals surface area contributed by atoms with E-state index in [4.69, 9.17) is 0 Å². The van der Waals surface area contributed by atoms with Gasteiger partial charge in [-0.3, -0.25) is 0 Å². The average Bonchev–Trinajstić information content (AvgIpc) is 1.77. The van der Waals surface area contributed by atoms with Gasteiger partial charge in [-0.15, -0.1) is 0 Å². The van der Waals surface area contributed by atoms with Crippen molar-refractivity contribution in [2.24, 2.45) is 0 Å². The van der Waals surface area contributed by atoms with E-state index < -0.39 is 0 Å². The molecular weight excluding hydrogens is 100 g/mol. The Labute approximate surface area is 49.3 Å². The molecular formula is C6H10N2. The Morgan fingerprint density at radius 2 is 1.38 bits per heavy atom. The van der Waals surface area contributed by atoms with E-state index >= 15 is 0 Å². The van der Waals surface area contributed by atoms with Gasteiger partial charge in [-0.25, -0.2) is 0 Å². The summed E-state index contributed by atoms with van der Waals surface area (Å²) in [5, 5.41) is 6.15. The van der Waals surface area contributed by atoms with Crippen molar-refractivity contribution in [3.8, 4) is 0 Å². The highest BCUT2D eigenvalue weighted by Gasteiger charge is 2.01. The third-order valence-corrected chi connectivity index (χ3v) is 1.10. The zero-order valence-electron chi connectivity index (χ0n) is 4.83. The fourth-order valence-corrected chi connectivity index (χ4v) is 0.588. The van der Waals surface area contributed by atoms with Crippen LogP contribution in [-0.4, -0.2) is 13.1 Å². The third-order valence-electron chi connectivity index (χ3n) is 1.10. The van der Waals surface area contributed by atoms with E-state index in [1.165, 1.54) is 0 Å². The van der Waals surface area contributed by atoms with E-state index in [2.05, 4.69) is 23.8 Å². The molecule has 0 aromatic rings. The van der Waals surface area contributed by atoms with Gasteiger partial charge in [0.25, 0.3) is 0 Å². The number of nitrogens with one attached hydrogen (secondary N) is 2. The predicted molar refractivity (Wildman–Crippen MR) is 34.3 cm³/mol. The lowest BCUT2D eigenvalue weighted by molar-refractivity contribution is 0.681. The van der Waals surface area contributed by atoms with Crippen molar-refractivity contribution in [3.05, 3.63) is 24.6 Å². The molecule has 0 saturated carbocycles. The van der Waals surface area contributed by atoms with E-state index in [-0.39, 0.29) is 0 Å². The standard InChI is InChI=1S/C6H10N2/c1-5-3-8-6(2)4-7-5/h7-8H,1-4H2. The molecule has 0 aliphatic carbocycles. The monoisotopic (exact) mass is 110 g/mol. The molecule has 0 atom stereocenters. The van der Waals surface area contributed by atoms with Crippen LogP contribution < -0.4 is 10.6 Å². The minimum absolute atomic E-state index is 0.818. The van der Waals surface area contributed by atoms with E-state index in [1.807, 2.05) is 0 Å². The summed E-state index contributed by atoms with van der Waals surface area (Å²) in [6, 6.07) is 0. The molecule has 1 aliphatic rings. The van der Waals surface area contributed by atoms with E-state index in [0.717, 1.165) is 24.5 Å². The van der Waals surface area contributed by atoms with Crippen molar-refractivity contribution in [1.82, 2.24) is 10.6 Å². The second-order valence-corrected chi connectivity index (χ2v) is 1.91. The Balaban J connectivity index is 2.40. The second kappa shape index (κ2) is 1.90. The van der Waals surface area contributed by atoms with Gasteiger partial charge in [0.05, 0.1) is 13.1 Å². The molecule has 0 aromatic carbocycles. The highest BCUT2D eigenvalue weighted by molar-refractivity contribution is 5.09. The summed E-state index contributed by atoms with van der Waals surface area (Å²) in [7, 11) is 0. The first-order valence-electron chi connectivity index (χ1n) is 2.62. The van der Waals surface area contributed by atoms with Crippen LogP contribution in [0.25, 0.3) is 0 Å². The van der Waals surface area contributed by atoms with Crippen molar-refractivity contribution in [2.75, 3.05) is 13.1 Å². The molecule has 0 unspecified atom stereocenters. The first kappa shape index (κ1) is 5.22. The first-order valence-corrected chi connectivity index (χ1v) is 2.62. The molecule has 0 aromatic heterocycles. The molecule has 1 aliphatic heterocycles. The first-order chi connectivity index (χ1) is 3.79. The predicted octanol–water partition coefficient (Wildman–Crippen LogP) is 0.207. The molecule has 1 heterocycles. The fourth-order valence-electron chi connectivity index (χ4n) is 0.588. The van der Waals surface area contributed by atoms with Crippen LogP contribution in [0.15, 0.2) is 24.6 Å². The molecule has 44 valence electrons. The topological polar surface area (TPSA) is 24.1 Å². The lowest BCUT2D eigenvalue weighted by Gasteiger charge is -2.19. The van der Waals surface area contributed by atoms with E-state index in [9.17, 15) is 0 Å². The van der Waals surface area contributed by atoms with Crippen molar-refractivity contribution in [2.45, 2.75) is 0 Å². The molecule has 2 nitrogen and oxygen atoms in total. The van der Waals surface area contributed by atoms with Crippen LogP contribution in [0.1, 0.15) is 0 Å². The van der Waals surface area contributed by atoms with Crippen LogP contribution in [0.3, 0.4) is 0 Å². The maximum atomic E-state index is 3.73. The molecule has 0 radical (unpaired) electrons. The smallest absolute Gasteiger partial charge is 0.0539 e. The summed E-state index contributed by atoms with van der Waals surface area (Å²) in [5.41, 5.74) is 2.08. The number of hydrogen-bond donors (Lipinski definition) is 2. The van der Waals surface area contributed by atoms with Crippen LogP contribution in [0.2, 0.25) is 0 Å². The number of piperazine rings is 1. The van der Waals surface area contributed by atoms with Crippen LogP contribution >= 0.6 is 0 Å². The van der Waals surface area contributed by atoms with Crippen molar-refractivity contribution in [1.29, 1.82) is 0 Å². The van der Waals surface area contributed by atoms with Crippen LogP contribution in [0.5, 0.6) is 0 Å². The Morgan fingerprint density at radius 1 is 1.00 bits per heavy atom. The minimum atomic E-state index is 0.818. The minimum Gasteiger partial charge on any atom is -0.382 e. The lowest BCUT2D eigenvalue weighted by atomic mass is 10.3. The SMILES string of the molecule is C=C1CNC(=C)CN1. The molecule has 0 amide bonds. The summed E-state index contributed by atoms with van der Waals surface area (Å²) in [5.74, 6) is 0. The Hall–Kier alpha value is -0.920. The number of rotatable bonds is 0. The molecule has 0 spiro atoms. The van der Waals surface area contributed by atoms with E-state index in [0.29, 0.717) is 0 Å². The van der Waals surface area contributed by atoms with Crippen molar-refractivity contribution < 1.29 is 0 Å². The molecule has 1 fully saturated rings. The molecule has 8 heavy (non-hydrogen) atoms. The highest BCUT2D eigenvalue weighted by atomic mass is 15.0. The summed E-state index contributed by atoms with van der Waals surface area (Å²) in [6.07, 6.45) is 0. The van der Waals surface area contributed by atoms with E-state index in [1.54, 1.807) is 0 Å². The van der Waals surface area contributed by atoms with Gasteiger partial charge >= 0.3 is 0 Å². The summed E-state index contributed by atoms with van der Waals surface area (Å²) >= 11 is 0. The van der Waals surface area contributed by atoms with Crippen LogP contribution in [-0.2, 0) is 0 Å². The second-order valence-electron chi connectivity index (χ2n) is 1.91. The highest BCUT2D eigenvalue weighted by Crippen LogP contribution is 1.92. The zero-order chi connectivity index (χ0) is 5.98. The fraction of sp³-hybridized carbons (Fsp3) is 0.333. The van der Waals surface area contributed by atoms with Gasteiger partial charge in [0.2, 0.25) is 0 Å². The van der Waals surface area contributed by atoms with Gasteiger partial charge in [0.1, 0.15) is 0 Å². The lowest BCUT2D eigenvalue weighted by Crippen LogP contribution is -2.35. The normalized spacial score (nSPS) is 19.5. The van der Waals surface area contributed by atoms with Gasteiger partial charge in [0.15, 0.2) is 0 Å². The summed E-state index contributed by atoms with van der Waals surface area (Å²) in [6.45, 7) is 9.10. The third kappa shape index (κ3) is 1.03. The molecule has 1 rings (SSSR count). The number of hydrogen-bond acceptors (Lipinski definition) is 2. The van der Waals surface area contributed by atoms with Crippen molar-refractivity contribution in [3.63, 3.8) is 0 Å². The Morgan fingerprint density at radius 3 is 1.62 bits per heavy atom. The van der Waals surface area contributed by atoms with Gasteiger partial charge in [-0.05, 0) is 0 Å². The summed E-state index contributed by atoms with van der Waals surface area (Å²) < 4.78 is 0. The largest absolute Gasteiger partial charge is 0.382 e. The van der Waals surface area contributed by atoms with Crippen LogP contribution in [0, 0.1) is 0 Å². The molecule has 1 saturated heterocycles. The van der Waals surface area contributed by atoms with Crippen LogP contribution in [0.4, 0.5) is 0 Å². The Kier molecular flexibility index (Phi) is 1.24. The average molecular weight is 110 g/mol. The molecule has 2 N–H and O–H groups in total. The van der Waals surface area contributed by atoms with Gasteiger partial charge in [-0.1, -0.05) is 13.2 Å². The quantitative estimate of drug-likeness (QED) is 0.465. The van der Waals surface area contributed by atoms with Gasteiger partial charge < -0.3 is 10.6 Å². The Bertz CT molecular complexity index is 98.5.